The van der Waals surface area contributed by atoms with Crippen LogP contribution in [0.4, 0.5) is 11.5 Å². The molecule has 0 atom stereocenters. The summed E-state index contributed by atoms with van der Waals surface area (Å²) < 4.78 is 0. The quantitative estimate of drug-likeness (QED) is 0.663. The normalized spacial score (nSPS) is 10.1. The molecule has 0 saturated heterocycles. The lowest BCUT2D eigenvalue weighted by Crippen LogP contribution is -2.09. The standard InChI is InChI=1S/C13H13N3S2/c1-18-11-4-2-10(3-5-11)16-12-8-9(13(14)17)6-7-15-12/h2-8H,1H3,(H2,14,17)(H,15,16). The van der Waals surface area contributed by atoms with Crippen LogP contribution in [0.2, 0.25) is 0 Å². The summed E-state index contributed by atoms with van der Waals surface area (Å²) >= 11 is 6.65. The third-order valence-electron chi connectivity index (χ3n) is 2.41. The summed E-state index contributed by atoms with van der Waals surface area (Å²) in [6.07, 6.45) is 3.74. The number of thioether (sulfide) groups is 1. The molecule has 0 bridgehead atoms. The Balaban J connectivity index is 2.17. The van der Waals surface area contributed by atoms with Crippen molar-refractivity contribution in [3.8, 4) is 0 Å². The molecule has 0 spiro atoms. The van der Waals surface area contributed by atoms with Crippen LogP contribution in [0.15, 0.2) is 47.5 Å². The molecule has 5 heteroatoms. The molecule has 2 rings (SSSR count). The van der Waals surface area contributed by atoms with Crippen LogP contribution in [-0.2, 0) is 0 Å². The Hall–Kier alpha value is -1.59. The minimum absolute atomic E-state index is 0.373. The van der Waals surface area contributed by atoms with Crippen LogP contribution in [0, 0.1) is 0 Å². The van der Waals surface area contributed by atoms with Gasteiger partial charge in [0.1, 0.15) is 10.8 Å². The summed E-state index contributed by atoms with van der Waals surface area (Å²) in [5, 5.41) is 3.21. The van der Waals surface area contributed by atoms with Gasteiger partial charge in [-0.15, -0.1) is 11.8 Å². The van der Waals surface area contributed by atoms with E-state index in [-0.39, 0.29) is 0 Å². The highest BCUT2D eigenvalue weighted by Gasteiger charge is 2.00. The molecule has 0 aliphatic carbocycles. The van der Waals surface area contributed by atoms with Crippen LogP contribution >= 0.6 is 24.0 Å². The molecule has 1 heterocycles. The fourth-order valence-corrected chi connectivity index (χ4v) is 2.01. The number of benzene rings is 1. The van der Waals surface area contributed by atoms with Crippen molar-refractivity contribution in [3.05, 3.63) is 48.2 Å². The van der Waals surface area contributed by atoms with Crippen LogP contribution in [-0.4, -0.2) is 16.2 Å². The van der Waals surface area contributed by atoms with Crippen LogP contribution in [0.5, 0.6) is 0 Å². The highest BCUT2D eigenvalue weighted by molar-refractivity contribution is 7.98. The topological polar surface area (TPSA) is 50.9 Å². The van der Waals surface area contributed by atoms with Crippen molar-refractivity contribution in [1.29, 1.82) is 0 Å². The van der Waals surface area contributed by atoms with Crippen molar-refractivity contribution < 1.29 is 0 Å². The Morgan fingerprint density at radius 1 is 1.28 bits per heavy atom. The first kappa shape index (κ1) is 12.9. The fourth-order valence-electron chi connectivity index (χ4n) is 1.47. The van der Waals surface area contributed by atoms with E-state index in [1.54, 1.807) is 24.0 Å². The zero-order chi connectivity index (χ0) is 13.0. The van der Waals surface area contributed by atoms with Crippen LogP contribution < -0.4 is 11.1 Å². The summed E-state index contributed by atoms with van der Waals surface area (Å²) in [6, 6.07) is 11.8. The molecule has 0 amide bonds. The maximum absolute atomic E-state index is 5.59. The van der Waals surface area contributed by atoms with Gasteiger partial charge < -0.3 is 11.1 Å². The molecule has 92 valence electrons. The van der Waals surface area contributed by atoms with Gasteiger partial charge in [-0.05, 0) is 42.7 Å². The number of hydrogen-bond donors (Lipinski definition) is 2. The number of anilines is 2. The molecule has 0 unspecified atom stereocenters. The zero-order valence-corrected chi connectivity index (χ0v) is 11.5. The number of nitrogens with zero attached hydrogens (tertiary/aromatic N) is 1. The Labute approximate surface area is 116 Å². The smallest absolute Gasteiger partial charge is 0.130 e. The van der Waals surface area contributed by atoms with Crippen LogP contribution in [0.3, 0.4) is 0 Å². The van der Waals surface area contributed by atoms with Gasteiger partial charge in [0.2, 0.25) is 0 Å². The number of pyridine rings is 1. The van der Waals surface area contributed by atoms with Gasteiger partial charge in [0.15, 0.2) is 0 Å². The van der Waals surface area contributed by atoms with Crippen LogP contribution in [0.25, 0.3) is 0 Å². The second-order valence-electron chi connectivity index (χ2n) is 3.65. The lowest BCUT2D eigenvalue weighted by atomic mass is 10.2. The molecule has 1 aromatic heterocycles. The van der Waals surface area contributed by atoms with E-state index in [0.29, 0.717) is 4.99 Å². The molecule has 3 nitrogen and oxygen atoms in total. The largest absolute Gasteiger partial charge is 0.389 e. The summed E-state index contributed by atoms with van der Waals surface area (Å²) in [7, 11) is 0. The van der Waals surface area contributed by atoms with Crippen LogP contribution in [0.1, 0.15) is 5.56 Å². The van der Waals surface area contributed by atoms with Gasteiger partial charge in [0.25, 0.3) is 0 Å². The predicted molar refractivity (Wildman–Crippen MR) is 81.6 cm³/mol. The van der Waals surface area contributed by atoms with Gasteiger partial charge in [0, 0.05) is 22.3 Å². The summed E-state index contributed by atoms with van der Waals surface area (Å²) in [5.41, 5.74) is 7.38. The average molecular weight is 275 g/mol. The number of hydrogen-bond acceptors (Lipinski definition) is 4. The zero-order valence-electron chi connectivity index (χ0n) is 9.88. The van der Waals surface area contributed by atoms with Crippen molar-refractivity contribution >= 4 is 40.5 Å². The van der Waals surface area contributed by atoms with Crippen molar-refractivity contribution in [2.24, 2.45) is 5.73 Å². The molecule has 0 fully saturated rings. The lowest BCUT2D eigenvalue weighted by molar-refractivity contribution is 1.30. The summed E-state index contributed by atoms with van der Waals surface area (Å²) in [4.78, 5) is 5.83. The van der Waals surface area contributed by atoms with E-state index in [0.717, 1.165) is 17.1 Å². The van der Waals surface area contributed by atoms with E-state index in [1.165, 1.54) is 4.90 Å². The maximum Gasteiger partial charge on any atom is 0.130 e. The van der Waals surface area contributed by atoms with E-state index in [1.807, 2.05) is 18.2 Å². The van der Waals surface area contributed by atoms with Crippen molar-refractivity contribution in [2.75, 3.05) is 11.6 Å². The molecule has 18 heavy (non-hydrogen) atoms. The van der Waals surface area contributed by atoms with Gasteiger partial charge in [-0.3, -0.25) is 0 Å². The van der Waals surface area contributed by atoms with E-state index < -0.39 is 0 Å². The second kappa shape index (κ2) is 5.84. The molecular weight excluding hydrogens is 262 g/mol. The third-order valence-corrected chi connectivity index (χ3v) is 3.39. The van der Waals surface area contributed by atoms with E-state index >= 15 is 0 Å². The predicted octanol–water partition coefficient (Wildman–Crippen LogP) is 3.18. The molecular formula is C13H13N3S2. The monoisotopic (exact) mass is 275 g/mol. The maximum atomic E-state index is 5.59. The molecule has 0 radical (unpaired) electrons. The average Bonchev–Trinajstić information content (AvgIpc) is 2.40. The highest BCUT2D eigenvalue weighted by atomic mass is 32.2. The van der Waals surface area contributed by atoms with Crippen molar-refractivity contribution in [1.82, 2.24) is 4.98 Å². The Bertz CT molecular complexity index is 552. The first-order chi connectivity index (χ1) is 8.69. The minimum atomic E-state index is 0.373. The molecule has 0 saturated carbocycles. The Kier molecular flexibility index (Phi) is 4.17. The number of nitrogens with one attached hydrogen (secondary N) is 1. The highest BCUT2D eigenvalue weighted by Crippen LogP contribution is 2.20. The third kappa shape index (κ3) is 3.21. The molecule has 3 N–H and O–H groups in total. The van der Waals surface area contributed by atoms with Crippen molar-refractivity contribution in [3.63, 3.8) is 0 Å². The number of rotatable bonds is 4. The van der Waals surface area contributed by atoms with E-state index in [9.17, 15) is 0 Å². The van der Waals surface area contributed by atoms with E-state index in [4.69, 9.17) is 18.0 Å². The van der Waals surface area contributed by atoms with Gasteiger partial charge >= 0.3 is 0 Å². The summed E-state index contributed by atoms with van der Waals surface area (Å²) in [6.45, 7) is 0. The fraction of sp³-hybridized carbons (Fsp3) is 0.0769. The number of thiocarbonyl (C=S) groups is 1. The number of nitrogens with two attached hydrogens (primary N) is 1. The Morgan fingerprint density at radius 3 is 2.61 bits per heavy atom. The lowest BCUT2D eigenvalue weighted by Gasteiger charge is -2.07. The number of aromatic nitrogens is 1. The molecule has 2 aromatic rings. The van der Waals surface area contributed by atoms with Gasteiger partial charge in [-0.25, -0.2) is 4.98 Å². The first-order valence-corrected chi connectivity index (χ1v) is 6.99. The molecule has 1 aromatic carbocycles. The minimum Gasteiger partial charge on any atom is -0.389 e. The van der Waals surface area contributed by atoms with Crippen molar-refractivity contribution in [2.45, 2.75) is 4.90 Å². The first-order valence-electron chi connectivity index (χ1n) is 5.36. The molecule has 0 aliphatic rings. The second-order valence-corrected chi connectivity index (χ2v) is 4.97. The molecule has 0 aliphatic heterocycles. The van der Waals surface area contributed by atoms with E-state index in [2.05, 4.69) is 28.7 Å². The van der Waals surface area contributed by atoms with Gasteiger partial charge in [0.05, 0.1) is 0 Å². The van der Waals surface area contributed by atoms with Gasteiger partial charge in [-0.1, -0.05) is 12.2 Å². The summed E-state index contributed by atoms with van der Waals surface area (Å²) in [5.74, 6) is 0.734. The Morgan fingerprint density at radius 2 is 2.00 bits per heavy atom. The SMILES string of the molecule is CSc1ccc(Nc2cc(C(N)=S)ccn2)cc1. The van der Waals surface area contributed by atoms with Gasteiger partial charge in [-0.2, -0.15) is 0 Å².